The molecule has 0 fully saturated rings. The van der Waals surface area contributed by atoms with Gasteiger partial charge in [-0.2, -0.15) is 0 Å². The molecule has 10 heteroatoms. The molecule has 180 valence electrons. The van der Waals surface area contributed by atoms with Gasteiger partial charge in [-0.05, 0) is 94.0 Å². The highest BCUT2D eigenvalue weighted by Gasteiger charge is 2.17. The summed E-state index contributed by atoms with van der Waals surface area (Å²) in [6.45, 7) is 3.37. The number of rotatable bonds is 9. The summed E-state index contributed by atoms with van der Waals surface area (Å²) in [6, 6.07) is 3.12. The van der Waals surface area contributed by atoms with E-state index in [1.54, 1.807) is 30.4 Å². The minimum atomic E-state index is -4.30. The van der Waals surface area contributed by atoms with Crippen LogP contribution in [0.3, 0.4) is 0 Å². The molecule has 0 bridgehead atoms. The molecule has 0 saturated carbocycles. The van der Waals surface area contributed by atoms with Crippen molar-refractivity contribution in [3.8, 4) is 11.5 Å². The average molecular weight is 608 g/mol. The normalized spacial score (nSPS) is 19.5. The highest BCUT2D eigenvalue weighted by molar-refractivity contribution is 9.11. The number of aliphatic hydroxyl groups is 1. The van der Waals surface area contributed by atoms with Gasteiger partial charge in [-0.25, -0.2) is 4.39 Å². The lowest BCUT2D eigenvalue weighted by Crippen LogP contribution is -2.02. The highest BCUT2D eigenvalue weighted by Crippen LogP contribution is 2.41. The van der Waals surface area contributed by atoms with Crippen LogP contribution in [0.15, 0.2) is 79.9 Å². The van der Waals surface area contributed by atoms with E-state index in [0.29, 0.717) is 39.7 Å². The van der Waals surface area contributed by atoms with Crippen molar-refractivity contribution >= 4 is 39.5 Å². The molecule has 1 aromatic rings. The third kappa shape index (κ3) is 9.63. The molecule has 0 radical (unpaired) electrons. The highest BCUT2D eigenvalue weighted by atomic mass is 79.9. The summed E-state index contributed by atoms with van der Waals surface area (Å²) in [4.78, 5) is 18.0. The third-order valence-electron chi connectivity index (χ3n) is 4.58. The van der Waals surface area contributed by atoms with E-state index in [9.17, 15) is 14.1 Å². The van der Waals surface area contributed by atoms with Gasteiger partial charge in [0.05, 0.1) is 14.8 Å². The fraction of sp³-hybridized carbons (Fsp3) is 0.304. The standard InChI is InChI=1S/C23H26Br2FO6P/c1-3-16(8-7-15(2)26)11-17-9-10-18(5-4-6-22(17)27)32-23-20(24)12-19(13-21(23)25)31-14-33(28,29)30/h4,6-8,10,12-13,27H,3,5,9,11,14H2,1-2H3,(H2,28,29,30)/b6-4?,15-7+,16-8+,18-10+,22-17-. The Bertz CT molecular complexity index is 1040. The number of benzene rings is 1. The molecule has 0 unspecified atom stereocenters. The Morgan fingerprint density at radius 2 is 1.88 bits per heavy atom. The van der Waals surface area contributed by atoms with Gasteiger partial charge >= 0.3 is 7.60 Å². The summed E-state index contributed by atoms with van der Waals surface area (Å²) >= 11 is 6.81. The molecule has 0 heterocycles. The van der Waals surface area contributed by atoms with Gasteiger partial charge < -0.3 is 24.4 Å². The fourth-order valence-electron chi connectivity index (χ4n) is 2.89. The number of hydrogen-bond acceptors (Lipinski definition) is 4. The van der Waals surface area contributed by atoms with E-state index >= 15 is 0 Å². The molecule has 0 saturated heterocycles. The van der Waals surface area contributed by atoms with Crippen molar-refractivity contribution in [2.24, 2.45) is 0 Å². The van der Waals surface area contributed by atoms with E-state index in [1.807, 2.05) is 13.0 Å². The van der Waals surface area contributed by atoms with Gasteiger partial charge in [-0.15, -0.1) is 0 Å². The van der Waals surface area contributed by atoms with Crippen LogP contribution in [0.1, 0.15) is 39.5 Å². The predicted octanol–water partition coefficient (Wildman–Crippen LogP) is 7.75. The molecule has 1 aromatic carbocycles. The van der Waals surface area contributed by atoms with Crippen molar-refractivity contribution in [2.45, 2.75) is 39.5 Å². The van der Waals surface area contributed by atoms with Crippen LogP contribution in [0.25, 0.3) is 0 Å². The summed E-state index contributed by atoms with van der Waals surface area (Å²) in [6.07, 6.45) is 9.90. The van der Waals surface area contributed by atoms with Crippen molar-refractivity contribution in [3.05, 3.63) is 79.9 Å². The fourth-order valence-corrected chi connectivity index (χ4v) is 4.51. The maximum atomic E-state index is 13.1. The van der Waals surface area contributed by atoms with E-state index < -0.39 is 13.9 Å². The van der Waals surface area contributed by atoms with Crippen molar-refractivity contribution in [1.82, 2.24) is 0 Å². The van der Waals surface area contributed by atoms with Gasteiger partial charge in [0.2, 0.25) is 0 Å². The second kappa shape index (κ2) is 12.7. The first-order valence-electron chi connectivity index (χ1n) is 10.1. The van der Waals surface area contributed by atoms with E-state index in [2.05, 4.69) is 31.9 Å². The Morgan fingerprint density at radius 3 is 2.45 bits per heavy atom. The summed E-state index contributed by atoms with van der Waals surface area (Å²) < 4.78 is 36.4. The molecule has 2 rings (SSSR count). The van der Waals surface area contributed by atoms with Crippen LogP contribution in [0, 0.1) is 0 Å². The van der Waals surface area contributed by atoms with Gasteiger partial charge in [-0.1, -0.05) is 24.6 Å². The topological polar surface area (TPSA) is 96.2 Å². The summed E-state index contributed by atoms with van der Waals surface area (Å²) in [7, 11) is -4.30. The Hall–Kier alpha value is -1.64. The maximum Gasteiger partial charge on any atom is 0.362 e. The molecular weight excluding hydrogens is 582 g/mol. The Kier molecular flexibility index (Phi) is 10.6. The second-order valence-electron chi connectivity index (χ2n) is 7.33. The van der Waals surface area contributed by atoms with Gasteiger partial charge in [-0.3, -0.25) is 4.57 Å². The van der Waals surface area contributed by atoms with E-state index in [1.165, 1.54) is 13.0 Å². The summed E-state index contributed by atoms with van der Waals surface area (Å²) in [5.41, 5.74) is 1.79. The maximum absolute atomic E-state index is 13.1. The lowest BCUT2D eigenvalue weighted by molar-refractivity contribution is 0.300. The predicted molar refractivity (Wildman–Crippen MR) is 134 cm³/mol. The van der Waals surface area contributed by atoms with Gasteiger partial charge in [0.15, 0.2) is 12.1 Å². The second-order valence-corrected chi connectivity index (χ2v) is 10.6. The molecule has 0 aliphatic heterocycles. The number of allylic oxidation sites excluding steroid dienone is 8. The molecule has 1 aliphatic carbocycles. The van der Waals surface area contributed by atoms with E-state index in [4.69, 9.17) is 19.3 Å². The smallest absolute Gasteiger partial charge is 0.362 e. The zero-order valence-corrected chi connectivity index (χ0v) is 22.3. The molecule has 6 nitrogen and oxygen atoms in total. The summed E-state index contributed by atoms with van der Waals surface area (Å²) in [5.74, 6) is 1.32. The monoisotopic (exact) mass is 606 g/mol. The zero-order chi connectivity index (χ0) is 24.6. The van der Waals surface area contributed by atoms with E-state index in [0.717, 1.165) is 17.6 Å². The van der Waals surface area contributed by atoms with Crippen LogP contribution in [0.5, 0.6) is 11.5 Å². The lowest BCUT2D eigenvalue weighted by atomic mass is 9.97. The average Bonchev–Trinajstić information content (AvgIpc) is 2.71. The molecule has 0 aromatic heterocycles. The van der Waals surface area contributed by atoms with Gasteiger partial charge in [0.25, 0.3) is 0 Å². The Labute approximate surface area is 209 Å². The largest absolute Gasteiger partial charge is 0.508 e. The number of hydrogen-bond donors (Lipinski definition) is 3. The quantitative estimate of drug-likeness (QED) is 0.196. The first-order valence-corrected chi connectivity index (χ1v) is 13.5. The van der Waals surface area contributed by atoms with Crippen LogP contribution >= 0.6 is 39.5 Å². The van der Waals surface area contributed by atoms with Crippen molar-refractivity contribution in [3.63, 3.8) is 0 Å². The third-order valence-corrected chi connectivity index (χ3v) is 6.22. The Balaban J connectivity index is 2.19. The van der Waals surface area contributed by atoms with Crippen molar-refractivity contribution in [1.29, 1.82) is 0 Å². The minimum absolute atomic E-state index is 0.194. The van der Waals surface area contributed by atoms with Crippen LogP contribution in [-0.4, -0.2) is 21.2 Å². The molecule has 33 heavy (non-hydrogen) atoms. The number of aliphatic hydroxyl groups excluding tert-OH is 1. The molecular formula is C23H26Br2FO6P. The van der Waals surface area contributed by atoms with Gasteiger partial charge in [0.1, 0.15) is 17.3 Å². The molecule has 0 atom stereocenters. The van der Waals surface area contributed by atoms with Crippen LogP contribution in [0.2, 0.25) is 0 Å². The van der Waals surface area contributed by atoms with Gasteiger partial charge in [0, 0.05) is 6.42 Å². The SMILES string of the molecule is CC/C(=C\C=C(/C)F)C/C1=C(\O)C=CC/C(Oc2c(Br)cc(OCP(=O)(O)O)cc2Br)=C\C1. The number of ether oxygens (including phenoxy) is 2. The summed E-state index contributed by atoms with van der Waals surface area (Å²) in [5, 5.41) is 10.4. The van der Waals surface area contributed by atoms with Crippen molar-refractivity contribution in [2.75, 3.05) is 6.35 Å². The molecule has 0 spiro atoms. The molecule has 0 amide bonds. The van der Waals surface area contributed by atoms with E-state index in [-0.39, 0.29) is 17.3 Å². The zero-order valence-electron chi connectivity index (χ0n) is 18.2. The molecule has 1 aliphatic rings. The van der Waals surface area contributed by atoms with Crippen molar-refractivity contribution < 1.29 is 33.3 Å². The lowest BCUT2D eigenvalue weighted by Gasteiger charge is -2.17. The first kappa shape index (κ1) is 27.6. The van der Waals surface area contributed by atoms with Crippen LogP contribution < -0.4 is 9.47 Å². The molecule has 3 N–H and O–H groups in total. The minimum Gasteiger partial charge on any atom is -0.508 e. The van der Waals surface area contributed by atoms with Crippen LogP contribution in [0.4, 0.5) is 4.39 Å². The number of halogens is 3. The van der Waals surface area contributed by atoms with Crippen LogP contribution in [-0.2, 0) is 4.57 Å². The Morgan fingerprint density at radius 1 is 1.21 bits per heavy atom. The first-order chi connectivity index (χ1) is 15.5.